The van der Waals surface area contributed by atoms with Crippen molar-refractivity contribution in [2.75, 3.05) is 13.6 Å². The van der Waals surface area contributed by atoms with Gasteiger partial charge in [0, 0.05) is 19.0 Å². The minimum atomic E-state index is -0.554. The van der Waals surface area contributed by atoms with E-state index in [4.69, 9.17) is 0 Å². The average molecular weight is 247 g/mol. The highest BCUT2D eigenvalue weighted by atomic mass is 16.3. The van der Waals surface area contributed by atoms with Gasteiger partial charge in [-0.25, -0.2) is 0 Å². The Bertz CT molecular complexity index is 400. The molecule has 1 N–H and O–H groups in total. The number of likely N-dealkylation sites (tertiary alicyclic amines) is 1. The minimum absolute atomic E-state index is 0.319. The Kier molecular flexibility index (Phi) is 3.79. The molecule has 2 heteroatoms. The van der Waals surface area contributed by atoms with E-state index >= 15 is 0 Å². The van der Waals surface area contributed by atoms with Crippen LogP contribution in [0.25, 0.3) is 0 Å². The van der Waals surface area contributed by atoms with Crippen LogP contribution in [0.2, 0.25) is 0 Å². The predicted molar refractivity (Wildman–Crippen MR) is 75.7 cm³/mol. The summed E-state index contributed by atoms with van der Waals surface area (Å²) in [4.78, 5) is 2.34. The van der Waals surface area contributed by atoms with Crippen molar-refractivity contribution in [1.29, 1.82) is 0 Å². The molecule has 1 heterocycles. The van der Waals surface area contributed by atoms with Crippen LogP contribution in [0.5, 0.6) is 0 Å². The molecule has 0 unspecified atom stereocenters. The number of hydrogen-bond acceptors (Lipinski definition) is 2. The fourth-order valence-electron chi connectivity index (χ4n) is 2.96. The van der Waals surface area contributed by atoms with Crippen LogP contribution < -0.4 is 0 Å². The van der Waals surface area contributed by atoms with Crippen LogP contribution in [0, 0.1) is 12.8 Å². The van der Waals surface area contributed by atoms with Gasteiger partial charge in [0.05, 0.1) is 5.60 Å². The minimum Gasteiger partial charge on any atom is -0.389 e. The summed E-state index contributed by atoms with van der Waals surface area (Å²) in [5.74, 6) is 0.319. The van der Waals surface area contributed by atoms with Crippen molar-refractivity contribution in [3.63, 3.8) is 0 Å². The van der Waals surface area contributed by atoms with E-state index in [9.17, 15) is 5.11 Å². The molecular weight excluding hydrogens is 222 g/mol. The standard InChI is InChI=1S/C16H25NO/c1-12-5-7-15(8-6-12)10-16(18)9-14(3)17(4)11-13(16)2/h5-8,13-14,18H,9-11H2,1-4H3/t13-,14+,16-/m1/s1. The van der Waals surface area contributed by atoms with Gasteiger partial charge in [-0.05, 0) is 38.8 Å². The highest BCUT2D eigenvalue weighted by Gasteiger charge is 2.40. The van der Waals surface area contributed by atoms with Gasteiger partial charge >= 0.3 is 0 Å². The van der Waals surface area contributed by atoms with Crippen molar-refractivity contribution in [3.05, 3.63) is 35.4 Å². The third-order valence-corrected chi connectivity index (χ3v) is 4.51. The topological polar surface area (TPSA) is 23.5 Å². The monoisotopic (exact) mass is 247 g/mol. The summed E-state index contributed by atoms with van der Waals surface area (Å²) >= 11 is 0. The second kappa shape index (κ2) is 5.02. The Labute approximate surface area is 111 Å². The van der Waals surface area contributed by atoms with Gasteiger partial charge in [0.15, 0.2) is 0 Å². The summed E-state index contributed by atoms with van der Waals surface area (Å²) in [6.07, 6.45) is 1.63. The van der Waals surface area contributed by atoms with E-state index in [1.807, 2.05) is 0 Å². The first-order valence-electron chi connectivity index (χ1n) is 6.89. The maximum atomic E-state index is 10.9. The van der Waals surface area contributed by atoms with E-state index in [0.29, 0.717) is 12.0 Å². The number of aliphatic hydroxyl groups is 1. The molecule has 0 saturated carbocycles. The largest absolute Gasteiger partial charge is 0.389 e. The fraction of sp³-hybridized carbons (Fsp3) is 0.625. The normalized spacial score (nSPS) is 33.6. The van der Waals surface area contributed by atoms with Gasteiger partial charge in [-0.1, -0.05) is 36.8 Å². The van der Waals surface area contributed by atoms with Gasteiger partial charge in [0.1, 0.15) is 0 Å². The molecule has 1 aliphatic rings. The zero-order chi connectivity index (χ0) is 13.3. The molecule has 0 spiro atoms. The molecule has 0 amide bonds. The Balaban J connectivity index is 2.13. The zero-order valence-electron chi connectivity index (χ0n) is 12.0. The molecular formula is C16H25NO. The number of rotatable bonds is 2. The van der Waals surface area contributed by atoms with E-state index in [0.717, 1.165) is 19.4 Å². The Morgan fingerprint density at radius 1 is 1.28 bits per heavy atom. The molecule has 2 rings (SSSR count). The van der Waals surface area contributed by atoms with Crippen molar-refractivity contribution >= 4 is 0 Å². The summed E-state index contributed by atoms with van der Waals surface area (Å²) in [7, 11) is 2.15. The quantitative estimate of drug-likeness (QED) is 0.868. The lowest BCUT2D eigenvalue weighted by molar-refractivity contribution is -0.0778. The third kappa shape index (κ3) is 2.76. The maximum absolute atomic E-state index is 10.9. The molecule has 2 nitrogen and oxygen atoms in total. The summed E-state index contributed by atoms with van der Waals surface area (Å²) < 4.78 is 0. The smallest absolute Gasteiger partial charge is 0.0740 e. The first kappa shape index (κ1) is 13.6. The van der Waals surface area contributed by atoms with Crippen molar-refractivity contribution in [2.24, 2.45) is 5.92 Å². The van der Waals surface area contributed by atoms with Gasteiger partial charge in [-0.3, -0.25) is 0 Å². The molecule has 0 aliphatic carbocycles. The summed E-state index contributed by atoms with van der Waals surface area (Å²) in [5, 5.41) is 10.9. The zero-order valence-corrected chi connectivity index (χ0v) is 12.0. The summed E-state index contributed by atoms with van der Waals surface area (Å²) in [6, 6.07) is 8.99. The molecule has 1 aromatic carbocycles. The van der Waals surface area contributed by atoms with Crippen LogP contribution in [-0.2, 0) is 6.42 Å². The highest BCUT2D eigenvalue weighted by Crippen LogP contribution is 2.33. The average Bonchev–Trinajstić information content (AvgIpc) is 2.30. The first-order valence-corrected chi connectivity index (χ1v) is 6.89. The van der Waals surface area contributed by atoms with Gasteiger partial charge in [0.25, 0.3) is 0 Å². The van der Waals surface area contributed by atoms with Gasteiger partial charge in [-0.2, -0.15) is 0 Å². The second-order valence-corrected chi connectivity index (χ2v) is 6.16. The molecule has 100 valence electrons. The lowest BCUT2D eigenvalue weighted by atomic mass is 9.75. The fourth-order valence-corrected chi connectivity index (χ4v) is 2.96. The van der Waals surface area contributed by atoms with Crippen molar-refractivity contribution in [3.8, 4) is 0 Å². The molecule has 18 heavy (non-hydrogen) atoms. The van der Waals surface area contributed by atoms with Crippen LogP contribution in [-0.4, -0.2) is 35.2 Å². The molecule has 1 aromatic rings. The number of piperidine rings is 1. The summed E-state index contributed by atoms with van der Waals surface area (Å²) in [5.41, 5.74) is 1.96. The van der Waals surface area contributed by atoms with Crippen molar-refractivity contribution in [2.45, 2.75) is 45.3 Å². The maximum Gasteiger partial charge on any atom is 0.0740 e. The van der Waals surface area contributed by atoms with Crippen LogP contribution >= 0.6 is 0 Å². The van der Waals surface area contributed by atoms with Gasteiger partial charge in [-0.15, -0.1) is 0 Å². The molecule has 1 fully saturated rings. The first-order chi connectivity index (χ1) is 8.40. The van der Waals surface area contributed by atoms with Gasteiger partial charge in [0.2, 0.25) is 0 Å². The van der Waals surface area contributed by atoms with Crippen LogP contribution in [0.4, 0.5) is 0 Å². The lowest BCUT2D eigenvalue weighted by Crippen LogP contribution is -2.54. The Morgan fingerprint density at radius 3 is 2.50 bits per heavy atom. The third-order valence-electron chi connectivity index (χ3n) is 4.51. The van der Waals surface area contributed by atoms with Crippen molar-refractivity contribution < 1.29 is 5.11 Å². The molecule has 1 aliphatic heterocycles. The number of hydrogen-bond donors (Lipinski definition) is 1. The molecule has 0 aromatic heterocycles. The van der Waals surface area contributed by atoms with E-state index in [2.05, 4.69) is 57.0 Å². The molecule has 0 radical (unpaired) electrons. The number of aryl methyl sites for hydroxylation is 1. The van der Waals surface area contributed by atoms with Gasteiger partial charge < -0.3 is 10.0 Å². The van der Waals surface area contributed by atoms with E-state index in [-0.39, 0.29) is 0 Å². The lowest BCUT2D eigenvalue weighted by Gasteiger charge is -2.46. The second-order valence-electron chi connectivity index (χ2n) is 6.16. The number of nitrogens with zero attached hydrogens (tertiary/aromatic N) is 1. The van der Waals surface area contributed by atoms with Crippen molar-refractivity contribution in [1.82, 2.24) is 4.90 Å². The molecule has 0 bridgehead atoms. The summed E-state index contributed by atoms with van der Waals surface area (Å²) in [6.45, 7) is 7.44. The van der Waals surface area contributed by atoms with Crippen LogP contribution in [0.3, 0.4) is 0 Å². The van der Waals surface area contributed by atoms with E-state index < -0.39 is 5.60 Å². The van der Waals surface area contributed by atoms with Crippen LogP contribution in [0.15, 0.2) is 24.3 Å². The molecule has 3 atom stereocenters. The SMILES string of the molecule is Cc1ccc(C[C@]2(O)C[C@H](C)N(C)C[C@H]2C)cc1. The highest BCUT2D eigenvalue weighted by molar-refractivity contribution is 5.23. The predicted octanol–water partition coefficient (Wildman–Crippen LogP) is 2.63. The van der Waals surface area contributed by atoms with E-state index in [1.54, 1.807) is 0 Å². The van der Waals surface area contributed by atoms with Crippen LogP contribution in [0.1, 0.15) is 31.4 Å². The Morgan fingerprint density at radius 2 is 1.89 bits per heavy atom. The van der Waals surface area contributed by atoms with E-state index in [1.165, 1.54) is 11.1 Å². The Hall–Kier alpha value is -0.860. The molecule has 1 saturated heterocycles. The number of benzene rings is 1.